The minimum absolute atomic E-state index is 0.0431. The Morgan fingerprint density at radius 2 is 1.67 bits per heavy atom. The number of para-hydroxylation sites is 1. The summed E-state index contributed by atoms with van der Waals surface area (Å²) in [7, 11) is -2.37. The fourth-order valence-corrected chi connectivity index (χ4v) is 8.94. The Hall–Kier alpha value is -3.32. The Morgan fingerprint density at radius 3 is 2.27 bits per heavy atom. The average molecular weight is 787 g/mol. The van der Waals surface area contributed by atoms with Gasteiger partial charge in [0.1, 0.15) is 28.9 Å². The molecule has 0 saturated carbocycles. The number of benzene rings is 3. The third-order valence-electron chi connectivity index (χ3n) is 9.03. The highest BCUT2D eigenvalue weighted by atomic mass is 79.9. The number of nitrogens with zero attached hydrogens (tertiary/aromatic N) is 3. The summed E-state index contributed by atoms with van der Waals surface area (Å²) in [6.07, 6.45) is 0.237. The van der Waals surface area contributed by atoms with Gasteiger partial charge in [0.25, 0.3) is 0 Å². The quantitative estimate of drug-likeness (QED) is 0.184. The van der Waals surface area contributed by atoms with E-state index in [9.17, 15) is 13.2 Å². The van der Waals surface area contributed by atoms with Crippen molar-refractivity contribution in [3.8, 4) is 11.5 Å². The van der Waals surface area contributed by atoms with Gasteiger partial charge in [-0.2, -0.15) is 4.31 Å². The number of hydrogen-bond acceptors (Lipinski definition) is 8. The Bertz CT molecular complexity index is 1740. The van der Waals surface area contributed by atoms with Crippen molar-refractivity contribution in [3.63, 3.8) is 0 Å². The van der Waals surface area contributed by atoms with E-state index < -0.39 is 39.6 Å². The number of ether oxygens (including phenoxy) is 4. The van der Waals surface area contributed by atoms with Gasteiger partial charge < -0.3 is 23.8 Å². The van der Waals surface area contributed by atoms with Crippen LogP contribution in [0.2, 0.25) is 0 Å². The first kappa shape index (κ1) is 38.9. The van der Waals surface area contributed by atoms with E-state index in [1.54, 1.807) is 36.3 Å². The van der Waals surface area contributed by atoms with Gasteiger partial charge in [0, 0.05) is 30.5 Å². The van der Waals surface area contributed by atoms with Gasteiger partial charge in [-0.1, -0.05) is 38.1 Å². The fourth-order valence-electron chi connectivity index (χ4n) is 6.78. The molecular formula is C39H52BrN3O7S. The molecule has 0 N–H and O–H groups in total. The number of sulfonamides is 1. The number of carbonyl (C=O) groups excluding carboxylic acids is 1. The molecule has 2 saturated heterocycles. The van der Waals surface area contributed by atoms with Crippen LogP contribution in [0.15, 0.2) is 82.2 Å². The van der Waals surface area contributed by atoms with Crippen molar-refractivity contribution in [1.29, 1.82) is 0 Å². The first-order valence-electron chi connectivity index (χ1n) is 17.6. The van der Waals surface area contributed by atoms with Crippen molar-refractivity contribution in [3.05, 3.63) is 82.8 Å². The van der Waals surface area contributed by atoms with Crippen molar-refractivity contribution in [2.45, 2.75) is 95.8 Å². The van der Waals surface area contributed by atoms with Gasteiger partial charge in [-0.05, 0) is 117 Å². The van der Waals surface area contributed by atoms with Gasteiger partial charge in [0.2, 0.25) is 10.0 Å². The van der Waals surface area contributed by atoms with E-state index in [0.29, 0.717) is 12.2 Å². The molecule has 0 bridgehead atoms. The lowest BCUT2D eigenvalue weighted by molar-refractivity contribution is -0.0806. The third-order valence-corrected chi connectivity index (χ3v) is 11.5. The van der Waals surface area contributed by atoms with E-state index in [4.69, 9.17) is 18.9 Å². The second-order valence-corrected chi connectivity index (χ2v) is 18.0. The molecule has 2 heterocycles. The van der Waals surface area contributed by atoms with Gasteiger partial charge in [0.15, 0.2) is 0 Å². The van der Waals surface area contributed by atoms with Crippen LogP contribution in [0.25, 0.3) is 0 Å². The van der Waals surface area contributed by atoms with Gasteiger partial charge in [-0.3, -0.25) is 4.90 Å². The lowest BCUT2D eigenvalue weighted by Gasteiger charge is -2.35. The maximum absolute atomic E-state index is 14.1. The second kappa shape index (κ2) is 15.7. The molecule has 0 unspecified atom stereocenters. The van der Waals surface area contributed by atoms with Crippen LogP contribution < -0.4 is 14.4 Å². The van der Waals surface area contributed by atoms with Crippen LogP contribution in [-0.4, -0.2) is 86.6 Å². The predicted molar refractivity (Wildman–Crippen MR) is 203 cm³/mol. The lowest BCUT2D eigenvalue weighted by atomic mass is 9.99. The molecule has 0 spiro atoms. The molecule has 1 amide bonds. The van der Waals surface area contributed by atoms with Crippen LogP contribution in [0.1, 0.15) is 60.5 Å². The minimum Gasteiger partial charge on any atom is -0.497 e. The zero-order valence-corrected chi connectivity index (χ0v) is 33.4. The first-order chi connectivity index (χ1) is 24.0. The molecule has 10 nitrogen and oxygen atoms in total. The van der Waals surface area contributed by atoms with Crippen LogP contribution in [-0.2, 0) is 25.9 Å². The van der Waals surface area contributed by atoms with Gasteiger partial charge in [-0.25, -0.2) is 13.2 Å². The molecule has 0 aromatic heterocycles. The molecule has 3 atom stereocenters. The van der Waals surface area contributed by atoms with E-state index in [0.717, 1.165) is 41.0 Å². The highest BCUT2D eigenvalue weighted by Gasteiger charge is 2.52. The molecule has 278 valence electrons. The molecule has 3 aromatic carbocycles. The SMILES string of the molecule is COc1ccc(S(=O)(=O)N(CC(C)C)C[C@H]2OC(C)(C)N(C(=O)OC(C)(C)C)[C@H]2Cc2ccc(O[C@@H]3CCN(c4ccccc4Br)C3)cc2)cc1. The highest BCUT2D eigenvalue weighted by molar-refractivity contribution is 9.10. The van der Waals surface area contributed by atoms with Crippen LogP contribution in [0.4, 0.5) is 10.5 Å². The molecule has 2 aliphatic heterocycles. The maximum Gasteiger partial charge on any atom is 0.412 e. The number of carbonyl (C=O) groups is 1. The van der Waals surface area contributed by atoms with Gasteiger partial charge in [0.05, 0.1) is 36.4 Å². The third kappa shape index (κ3) is 9.57. The molecular weight excluding hydrogens is 734 g/mol. The number of halogens is 1. The minimum atomic E-state index is -3.91. The van der Waals surface area contributed by atoms with Gasteiger partial charge in [-0.15, -0.1) is 0 Å². The zero-order chi connectivity index (χ0) is 37.1. The number of methoxy groups -OCH3 is 1. The standard InChI is InChI=1S/C39H52BrN3O7S/c1-27(2)24-42(51(45,46)32-19-17-29(47-8)18-20-32)26-36-35(43(39(6,7)49-36)37(44)50-38(3,4)5)23-28-13-15-30(16-14-28)48-31-21-22-41(25-31)34-12-10-9-11-33(34)40/h9-20,27,31,35-36H,21-26H2,1-8H3/t31-,35+,36-/m1/s1. The summed E-state index contributed by atoms with van der Waals surface area (Å²) >= 11 is 3.66. The Balaban J connectivity index is 1.38. The summed E-state index contributed by atoms with van der Waals surface area (Å²) in [6, 6.07) is 22.0. The number of hydrogen-bond donors (Lipinski definition) is 0. The Morgan fingerprint density at radius 1 is 1.02 bits per heavy atom. The summed E-state index contributed by atoms with van der Waals surface area (Å²) in [5.41, 5.74) is 0.328. The van der Waals surface area contributed by atoms with E-state index in [1.807, 2.05) is 84.9 Å². The van der Waals surface area contributed by atoms with Crippen molar-refractivity contribution in [2.24, 2.45) is 5.92 Å². The summed E-state index contributed by atoms with van der Waals surface area (Å²) < 4.78 is 54.8. The molecule has 2 aliphatic rings. The fraction of sp³-hybridized carbons (Fsp3) is 0.513. The van der Waals surface area contributed by atoms with Crippen LogP contribution in [0.5, 0.6) is 11.5 Å². The monoisotopic (exact) mass is 785 g/mol. The lowest BCUT2D eigenvalue weighted by Crippen LogP contribution is -2.52. The van der Waals surface area contributed by atoms with Gasteiger partial charge >= 0.3 is 6.09 Å². The van der Waals surface area contributed by atoms with Crippen molar-refractivity contribution in [2.75, 3.05) is 38.2 Å². The topological polar surface area (TPSA) is 97.9 Å². The highest BCUT2D eigenvalue weighted by Crippen LogP contribution is 2.37. The summed E-state index contributed by atoms with van der Waals surface area (Å²) in [5.74, 6) is 1.39. The normalized spacial score (nSPS) is 20.6. The van der Waals surface area contributed by atoms with Crippen molar-refractivity contribution < 1.29 is 32.2 Å². The maximum atomic E-state index is 14.1. The summed E-state index contributed by atoms with van der Waals surface area (Å²) in [4.78, 5) is 17.9. The first-order valence-corrected chi connectivity index (χ1v) is 19.8. The number of anilines is 1. The van der Waals surface area contributed by atoms with Crippen molar-refractivity contribution in [1.82, 2.24) is 9.21 Å². The average Bonchev–Trinajstić information content (AvgIpc) is 3.61. The smallest absolute Gasteiger partial charge is 0.412 e. The van der Waals surface area contributed by atoms with Crippen LogP contribution in [0, 0.1) is 5.92 Å². The molecule has 0 aliphatic carbocycles. The molecule has 3 aromatic rings. The Labute approximate surface area is 312 Å². The molecule has 51 heavy (non-hydrogen) atoms. The second-order valence-electron chi connectivity index (χ2n) is 15.2. The van der Waals surface area contributed by atoms with E-state index in [2.05, 4.69) is 33.0 Å². The van der Waals surface area contributed by atoms with Crippen LogP contribution in [0.3, 0.4) is 0 Å². The van der Waals surface area contributed by atoms with E-state index in [1.165, 1.54) is 4.31 Å². The number of rotatable bonds is 12. The number of amides is 1. The van der Waals surface area contributed by atoms with Crippen LogP contribution >= 0.6 is 15.9 Å². The van der Waals surface area contributed by atoms with E-state index in [-0.39, 0.29) is 30.0 Å². The zero-order valence-electron chi connectivity index (χ0n) is 31.0. The summed E-state index contributed by atoms with van der Waals surface area (Å²) in [5, 5.41) is 0. The predicted octanol–water partition coefficient (Wildman–Crippen LogP) is 7.75. The summed E-state index contributed by atoms with van der Waals surface area (Å²) in [6.45, 7) is 15.1. The molecule has 0 radical (unpaired) electrons. The molecule has 2 fully saturated rings. The largest absolute Gasteiger partial charge is 0.497 e. The van der Waals surface area contributed by atoms with Crippen molar-refractivity contribution >= 4 is 37.7 Å². The Kier molecular flexibility index (Phi) is 12.0. The molecule has 5 rings (SSSR count). The molecule has 12 heteroatoms. The van der Waals surface area contributed by atoms with E-state index >= 15 is 0 Å².